The van der Waals surface area contributed by atoms with Gasteiger partial charge >= 0.3 is 6.09 Å². The van der Waals surface area contributed by atoms with E-state index in [0.717, 1.165) is 11.1 Å². The molecule has 8 nitrogen and oxygen atoms in total. The van der Waals surface area contributed by atoms with E-state index < -0.39 is 41.1 Å². The summed E-state index contributed by atoms with van der Waals surface area (Å²) in [5.74, 6) is -0.877. The molecule has 0 heterocycles. The van der Waals surface area contributed by atoms with E-state index in [1.165, 1.54) is 17.0 Å². The number of amides is 3. The van der Waals surface area contributed by atoms with E-state index in [0.29, 0.717) is 12.0 Å². The molecule has 3 amide bonds. The summed E-state index contributed by atoms with van der Waals surface area (Å²) in [4.78, 5) is 43.2. The zero-order valence-corrected chi connectivity index (χ0v) is 25.4. The molecule has 0 aliphatic heterocycles. The number of aromatic hydroxyl groups is 1. The zero-order chi connectivity index (χ0) is 30.9. The molecule has 2 unspecified atom stereocenters. The van der Waals surface area contributed by atoms with Crippen molar-refractivity contribution < 1.29 is 24.2 Å². The Morgan fingerprint density at radius 1 is 0.857 bits per heavy atom. The number of ether oxygens (including phenoxy) is 1. The average Bonchev–Trinajstić information content (AvgIpc) is 2.94. The second kappa shape index (κ2) is 14.0. The van der Waals surface area contributed by atoms with Crippen LogP contribution < -0.4 is 10.6 Å². The molecular weight excluding hydrogens is 530 g/mol. The van der Waals surface area contributed by atoms with Crippen molar-refractivity contribution in [3.05, 3.63) is 102 Å². The highest BCUT2D eigenvalue weighted by atomic mass is 16.6. The summed E-state index contributed by atoms with van der Waals surface area (Å²) < 4.78 is 5.51. The van der Waals surface area contributed by atoms with Gasteiger partial charge in [0.25, 0.3) is 0 Å². The van der Waals surface area contributed by atoms with E-state index in [2.05, 4.69) is 10.6 Å². The molecule has 0 saturated heterocycles. The molecular formula is C34H43N3O5. The minimum absolute atomic E-state index is 0.0252. The molecule has 0 radical (unpaired) electrons. The number of alkyl carbamates (subject to hydrolysis) is 1. The fourth-order valence-corrected chi connectivity index (χ4v) is 4.61. The van der Waals surface area contributed by atoms with Crippen LogP contribution in [0.4, 0.5) is 4.79 Å². The first-order valence-corrected chi connectivity index (χ1v) is 14.3. The molecule has 0 aliphatic carbocycles. The number of nitrogens with one attached hydrogen (secondary N) is 2. The number of benzene rings is 3. The van der Waals surface area contributed by atoms with Crippen LogP contribution in [0, 0.1) is 0 Å². The number of rotatable bonds is 11. The largest absolute Gasteiger partial charge is 0.508 e. The minimum atomic E-state index is -1.10. The van der Waals surface area contributed by atoms with Crippen molar-refractivity contribution in [3.63, 3.8) is 0 Å². The van der Waals surface area contributed by atoms with Crippen LogP contribution in [0.1, 0.15) is 70.7 Å². The molecule has 42 heavy (non-hydrogen) atoms. The Balaban J connectivity index is 2.08. The van der Waals surface area contributed by atoms with Crippen molar-refractivity contribution in [3.8, 4) is 5.75 Å². The van der Waals surface area contributed by atoms with Gasteiger partial charge in [-0.25, -0.2) is 4.79 Å². The van der Waals surface area contributed by atoms with Crippen LogP contribution in [-0.4, -0.2) is 45.1 Å². The Bertz CT molecular complexity index is 1340. The Morgan fingerprint density at radius 3 is 2.00 bits per heavy atom. The molecule has 0 aromatic heterocycles. The molecule has 3 aromatic carbocycles. The first kappa shape index (κ1) is 32.2. The van der Waals surface area contributed by atoms with Gasteiger partial charge < -0.3 is 25.4 Å². The predicted molar refractivity (Wildman–Crippen MR) is 164 cm³/mol. The van der Waals surface area contributed by atoms with Gasteiger partial charge in [-0.15, -0.1) is 0 Å². The van der Waals surface area contributed by atoms with Crippen LogP contribution in [-0.2, 0) is 27.3 Å². The standard InChI is InChI=1S/C34H43N3O5/c1-7-34(5,6)37(31(40)28(21-24-15-10-8-11-16-24)36-32(41)42-33(2,3)4)29(26-19-14-20-27(38)22-26)30(39)35-23-25-17-12-9-13-18-25/h8-20,22,28-29,38H,7,21,23H2,1-6H3,(H,35,39)(H,36,41). The van der Waals surface area contributed by atoms with Crippen molar-refractivity contribution in [2.75, 3.05) is 0 Å². The Labute approximate surface area is 249 Å². The van der Waals surface area contributed by atoms with Gasteiger partial charge in [-0.2, -0.15) is 0 Å². The first-order valence-electron chi connectivity index (χ1n) is 14.3. The number of nitrogens with zero attached hydrogens (tertiary/aromatic N) is 1. The summed E-state index contributed by atoms with van der Waals surface area (Å²) in [7, 11) is 0. The van der Waals surface area contributed by atoms with Gasteiger partial charge in [-0.05, 0) is 69.9 Å². The van der Waals surface area contributed by atoms with Crippen LogP contribution in [0.3, 0.4) is 0 Å². The zero-order valence-electron chi connectivity index (χ0n) is 25.4. The maximum Gasteiger partial charge on any atom is 0.408 e. The van der Waals surface area contributed by atoms with Gasteiger partial charge in [-0.1, -0.05) is 79.7 Å². The van der Waals surface area contributed by atoms with Crippen molar-refractivity contribution in [2.24, 2.45) is 0 Å². The monoisotopic (exact) mass is 573 g/mol. The van der Waals surface area contributed by atoms with E-state index in [1.54, 1.807) is 32.9 Å². The molecule has 0 fully saturated rings. The predicted octanol–water partition coefficient (Wildman–Crippen LogP) is 5.90. The average molecular weight is 574 g/mol. The fourth-order valence-electron chi connectivity index (χ4n) is 4.61. The molecule has 8 heteroatoms. The summed E-state index contributed by atoms with van der Waals surface area (Å²) in [6.07, 6.45) is -0.0218. The van der Waals surface area contributed by atoms with E-state index in [9.17, 15) is 19.5 Å². The van der Waals surface area contributed by atoms with Crippen molar-refractivity contribution in [2.45, 2.75) is 84.2 Å². The third kappa shape index (κ3) is 9.09. The number of phenolic OH excluding ortho intramolecular Hbond substituents is 1. The van der Waals surface area contributed by atoms with Crippen LogP contribution >= 0.6 is 0 Å². The summed E-state index contributed by atoms with van der Waals surface area (Å²) in [5, 5.41) is 16.1. The highest BCUT2D eigenvalue weighted by molar-refractivity contribution is 5.93. The lowest BCUT2D eigenvalue weighted by Gasteiger charge is -2.44. The number of carbonyl (C=O) groups is 3. The van der Waals surface area contributed by atoms with Gasteiger partial charge in [0.1, 0.15) is 23.4 Å². The van der Waals surface area contributed by atoms with Gasteiger partial charge in [0.15, 0.2) is 0 Å². The van der Waals surface area contributed by atoms with Gasteiger partial charge in [0.2, 0.25) is 11.8 Å². The molecule has 0 spiro atoms. The maximum atomic E-state index is 14.6. The third-order valence-electron chi connectivity index (χ3n) is 7.03. The summed E-state index contributed by atoms with van der Waals surface area (Å²) in [6.45, 7) is 11.2. The second-order valence-electron chi connectivity index (χ2n) is 12.0. The van der Waals surface area contributed by atoms with Crippen molar-refractivity contribution in [1.82, 2.24) is 15.5 Å². The van der Waals surface area contributed by atoms with Crippen LogP contribution in [0.25, 0.3) is 0 Å². The van der Waals surface area contributed by atoms with Crippen LogP contribution in [0.15, 0.2) is 84.9 Å². The van der Waals surface area contributed by atoms with Crippen LogP contribution in [0.2, 0.25) is 0 Å². The highest BCUT2D eigenvalue weighted by Gasteiger charge is 2.43. The lowest BCUT2D eigenvalue weighted by molar-refractivity contribution is -0.149. The van der Waals surface area contributed by atoms with Gasteiger partial charge in [0.05, 0.1) is 0 Å². The Morgan fingerprint density at radius 2 is 1.45 bits per heavy atom. The lowest BCUT2D eigenvalue weighted by Crippen LogP contribution is -2.59. The van der Waals surface area contributed by atoms with Gasteiger partial charge in [-0.3, -0.25) is 9.59 Å². The molecule has 0 aliphatic rings. The minimum Gasteiger partial charge on any atom is -0.508 e. The van der Waals surface area contributed by atoms with E-state index >= 15 is 0 Å². The van der Waals surface area contributed by atoms with Gasteiger partial charge in [0, 0.05) is 18.5 Å². The number of phenols is 1. The van der Waals surface area contributed by atoms with E-state index in [4.69, 9.17) is 4.74 Å². The first-order chi connectivity index (χ1) is 19.8. The fraction of sp³-hybridized carbons (Fsp3) is 0.382. The molecule has 2 atom stereocenters. The maximum absolute atomic E-state index is 14.6. The Kier molecular flexibility index (Phi) is 10.8. The number of hydrogen-bond donors (Lipinski definition) is 3. The highest BCUT2D eigenvalue weighted by Crippen LogP contribution is 2.33. The molecule has 0 bridgehead atoms. The van der Waals surface area contributed by atoms with Crippen molar-refractivity contribution >= 4 is 17.9 Å². The lowest BCUT2D eigenvalue weighted by atomic mass is 9.91. The number of hydrogen-bond acceptors (Lipinski definition) is 5. The Hall–Kier alpha value is -4.33. The molecule has 224 valence electrons. The number of carbonyl (C=O) groups excluding carboxylic acids is 3. The van der Waals surface area contributed by atoms with E-state index in [1.807, 2.05) is 81.4 Å². The quantitative estimate of drug-likeness (QED) is 0.265. The summed E-state index contributed by atoms with van der Waals surface area (Å²) in [5.41, 5.74) is 0.604. The SMILES string of the molecule is CCC(C)(C)N(C(=O)C(Cc1ccccc1)NC(=O)OC(C)(C)C)C(C(=O)NCc1ccccc1)c1cccc(O)c1. The third-order valence-corrected chi connectivity index (χ3v) is 7.03. The molecule has 0 saturated carbocycles. The normalized spacial score (nSPS) is 13.0. The smallest absolute Gasteiger partial charge is 0.408 e. The van der Waals surface area contributed by atoms with Crippen LogP contribution in [0.5, 0.6) is 5.75 Å². The molecule has 3 aromatic rings. The summed E-state index contributed by atoms with van der Waals surface area (Å²) >= 11 is 0. The second-order valence-corrected chi connectivity index (χ2v) is 12.0. The summed E-state index contributed by atoms with van der Waals surface area (Å²) in [6, 6.07) is 23.1. The van der Waals surface area contributed by atoms with Crippen molar-refractivity contribution in [1.29, 1.82) is 0 Å². The van der Waals surface area contributed by atoms with E-state index in [-0.39, 0.29) is 18.7 Å². The topological polar surface area (TPSA) is 108 Å². The molecule has 3 rings (SSSR count). The molecule has 3 N–H and O–H groups in total.